The van der Waals surface area contributed by atoms with Crippen molar-refractivity contribution in [3.8, 4) is 0 Å². The molecule has 0 saturated carbocycles. The van der Waals surface area contributed by atoms with Crippen LogP contribution in [-0.2, 0) is 4.74 Å². The first-order valence-corrected chi connectivity index (χ1v) is 7.58. The molecule has 2 saturated heterocycles. The van der Waals surface area contributed by atoms with Crippen molar-refractivity contribution in [2.24, 2.45) is 0 Å². The number of rotatable bonds is 2. The van der Waals surface area contributed by atoms with E-state index in [1.54, 1.807) is 0 Å². The maximum Gasteiger partial charge on any atom is 0.411 e. The molecule has 2 heterocycles. The molecule has 1 amide bonds. The molecule has 2 bridgehead atoms. The second kappa shape index (κ2) is 5.69. The van der Waals surface area contributed by atoms with Gasteiger partial charge < -0.3 is 10.1 Å². The second-order valence-corrected chi connectivity index (χ2v) is 6.24. The highest BCUT2D eigenvalue weighted by Gasteiger charge is 2.35. The van der Waals surface area contributed by atoms with E-state index in [0.717, 1.165) is 25.7 Å². The van der Waals surface area contributed by atoms with Gasteiger partial charge in [0.05, 0.1) is 5.69 Å². The van der Waals surface area contributed by atoms with Crippen LogP contribution in [0.2, 0.25) is 0 Å². The van der Waals surface area contributed by atoms with Crippen molar-refractivity contribution in [3.63, 3.8) is 0 Å². The lowest BCUT2D eigenvalue weighted by Gasteiger charge is -2.28. The minimum atomic E-state index is -0.483. The summed E-state index contributed by atoms with van der Waals surface area (Å²) in [5, 5.41) is 6.14. The molecule has 3 rings (SSSR count). The highest BCUT2D eigenvalue weighted by Crippen LogP contribution is 2.29. The van der Waals surface area contributed by atoms with Crippen LogP contribution in [0.3, 0.4) is 0 Å². The minimum absolute atomic E-state index is 0.0343. The van der Waals surface area contributed by atoms with Gasteiger partial charge in [-0.1, -0.05) is 0 Å². The van der Waals surface area contributed by atoms with E-state index in [1.165, 1.54) is 18.2 Å². The van der Waals surface area contributed by atoms with E-state index in [0.29, 0.717) is 22.2 Å². The standard InChI is InChI=1S/C14H16BrFN2O2/c15-12-5-8(16)1-4-13(12)18-14(19)20-11-6-9-2-3-10(7-11)17-9/h1,4-5,9-11,17H,2-3,6-7H2,(H,18,19). The normalized spacial score (nSPS) is 28.2. The highest BCUT2D eigenvalue weighted by molar-refractivity contribution is 9.10. The molecule has 1 aromatic carbocycles. The van der Waals surface area contributed by atoms with Crippen LogP contribution in [-0.4, -0.2) is 24.3 Å². The molecule has 4 nitrogen and oxygen atoms in total. The van der Waals surface area contributed by atoms with Crippen LogP contribution in [0.5, 0.6) is 0 Å². The Hall–Kier alpha value is -1.14. The summed E-state index contributed by atoms with van der Waals surface area (Å²) in [5.74, 6) is -0.356. The molecular formula is C14H16BrFN2O2. The molecule has 20 heavy (non-hydrogen) atoms. The van der Waals surface area contributed by atoms with Crippen molar-refractivity contribution in [1.82, 2.24) is 5.32 Å². The fraction of sp³-hybridized carbons (Fsp3) is 0.500. The number of fused-ring (bicyclic) bond motifs is 2. The van der Waals surface area contributed by atoms with Crippen LogP contribution in [0.4, 0.5) is 14.9 Å². The molecule has 2 N–H and O–H groups in total. The van der Waals surface area contributed by atoms with Crippen LogP contribution in [0, 0.1) is 5.82 Å². The van der Waals surface area contributed by atoms with E-state index in [9.17, 15) is 9.18 Å². The van der Waals surface area contributed by atoms with Crippen molar-refractivity contribution >= 4 is 27.7 Å². The van der Waals surface area contributed by atoms with Gasteiger partial charge in [0.15, 0.2) is 0 Å². The van der Waals surface area contributed by atoms with Gasteiger partial charge >= 0.3 is 6.09 Å². The third-order valence-electron chi connectivity index (χ3n) is 3.87. The molecule has 2 unspecified atom stereocenters. The summed E-state index contributed by atoms with van der Waals surface area (Å²) in [4.78, 5) is 11.9. The largest absolute Gasteiger partial charge is 0.446 e. The Balaban J connectivity index is 1.57. The van der Waals surface area contributed by atoms with Crippen molar-refractivity contribution in [3.05, 3.63) is 28.5 Å². The number of carbonyl (C=O) groups excluding carboxylic acids is 1. The molecule has 2 fully saturated rings. The first kappa shape index (κ1) is 13.8. The maximum atomic E-state index is 13.0. The van der Waals surface area contributed by atoms with E-state index >= 15 is 0 Å². The van der Waals surface area contributed by atoms with Crippen LogP contribution in [0.15, 0.2) is 22.7 Å². The number of hydrogen-bond donors (Lipinski definition) is 2. The van der Waals surface area contributed by atoms with Gasteiger partial charge in [-0.25, -0.2) is 9.18 Å². The monoisotopic (exact) mass is 342 g/mol. The predicted octanol–water partition coefficient (Wildman–Crippen LogP) is 3.42. The Morgan fingerprint density at radius 1 is 1.35 bits per heavy atom. The number of piperidine rings is 1. The van der Waals surface area contributed by atoms with Crippen LogP contribution < -0.4 is 10.6 Å². The Morgan fingerprint density at radius 2 is 2.05 bits per heavy atom. The minimum Gasteiger partial charge on any atom is -0.446 e. The SMILES string of the molecule is O=C(Nc1ccc(F)cc1Br)OC1CC2CCC(C1)N2. The summed E-state index contributed by atoms with van der Waals surface area (Å²) in [6, 6.07) is 5.06. The summed E-state index contributed by atoms with van der Waals surface area (Å²) < 4.78 is 18.9. The average Bonchev–Trinajstić information content (AvgIpc) is 2.72. The van der Waals surface area contributed by atoms with Gasteiger partial charge in [0.25, 0.3) is 0 Å². The van der Waals surface area contributed by atoms with E-state index < -0.39 is 6.09 Å². The van der Waals surface area contributed by atoms with Crippen LogP contribution >= 0.6 is 15.9 Å². The average molecular weight is 343 g/mol. The number of nitrogens with one attached hydrogen (secondary N) is 2. The zero-order valence-electron chi connectivity index (χ0n) is 10.9. The summed E-state index contributed by atoms with van der Waals surface area (Å²) >= 11 is 3.21. The van der Waals surface area contributed by atoms with E-state index in [-0.39, 0.29) is 11.9 Å². The molecule has 0 spiro atoms. The smallest absolute Gasteiger partial charge is 0.411 e. The molecule has 0 radical (unpaired) electrons. The van der Waals surface area contributed by atoms with Crippen molar-refractivity contribution in [2.45, 2.75) is 43.9 Å². The van der Waals surface area contributed by atoms with Gasteiger partial charge in [0.1, 0.15) is 11.9 Å². The van der Waals surface area contributed by atoms with Gasteiger partial charge in [0, 0.05) is 16.6 Å². The fourth-order valence-electron chi connectivity index (χ4n) is 2.98. The van der Waals surface area contributed by atoms with Gasteiger partial charge in [-0.05, 0) is 59.8 Å². The van der Waals surface area contributed by atoms with E-state index in [2.05, 4.69) is 26.6 Å². The Morgan fingerprint density at radius 3 is 2.70 bits per heavy atom. The van der Waals surface area contributed by atoms with Crippen molar-refractivity contribution in [1.29, 1.82) is 0 Å². The zero-order chi connectivity index (χ0) is 14.1. The zero-order valence-corrected chi connectivity index (χ0v) is 12.5. The third kappa shape index (κ3) is 3.12. The summed E-state index contributed by atoms with van der Waals surface area (Å²) in [6.07, 6.45) is 3.55. The molecule has 2 aliphatic rings. The molecule has 2 aliphatic heterocycles. The molecule has 2 atom stereocenters. The number of halogens is 2. The maximum absolute atomic E-state index is 13.0. The Bertz CT molecular complexity index is 514. The molecular weight excluding hydrogens is 327 g/mol. The second-order valence-electron chi connectivity index (χ2n) is 5.39. The topological polar surface area (TPSA) is 50.4 Å². The molecule has 0 aromatic heterocycles. The lowest BCUT2D eigenvalue weighted by Crippen LogP contribution is -2.42. The Labute approximate surface area is 125 Å². The lowest BCUT2D eigenvalue weighted by molar-refractivity contribution is 0.0774. The molecule has 6 heteroatoms. The van der Waals surface area contributed by atoms with Crippen molar-refractivity contribution in [2.75, 3.05) is 5.32 Å². The van der Waals surface area contributed by atoms with Gasteiger partial charge in [0.2, 0.25) is 0 Å². The fourth-order valence-corrected chi connectivity index (χ4v) is 3.43. The van der Waals surface area contributed by atoms with Gasteiger partial charge in [-0.15, -0.1) is 0 Å². The predicted molar refractivity (Wildman–Crippen MR) is 77.2 cm³/mol. The number of amides is 1. The van der Waals surface area contributed by atoms with E-state index in [1.807, 2.05) is 0 Å². The number of hydrogen-bond acceptors (Lipinski definition) is 3. The number of carbonyl (C=O) groups is 1. The van der Waals surface area contributed by atoms with Crippen LogP contribution in [0.25, 0.3) is 0 Å². The summed E-state index contributed by atoms with van der Waals surface area (Å²) in [6.45, 7) is 0. The van der Waals surface area contributed by atoms with Gasteiger partial charge in [-0.2, -0.15) is 0 Å². The van der Waals surface area contributed by atoms with Crippen molar-refractivity contribution < 1.29 is 13.9 Å². The quantitative estimate of drug-likeness (QED) is 0.865. The van der Waals surface area contributed by atoms with Crippen LogP contribution in [0.1, 0.15) is 25.7 Å². The first-order chi connectivity index (χ1) is 9.60. The van der Waals surface area contributed by atoms with Gasteiger partial charge in [-0.3, -0.25) is 5.32 Å². The third-order valence-corrected chi connectivity index (χ3v) is 4.53. The first-order valence-electron chi connectivity index (χ1n) is 6.79. The summed E-state index contributed by atoms with van der Waals surface area (Å²) in [5.41, 5.74) is 0.508. The lowest BCUT2D eigenvalue weighted by atomic mass is 10.0. The molecule has 0 aliphatic carbocycles. The highest BCUT2D eigenvalue weighted by atomic mass is 79.9. The number of ether oxygens (including phenoxy) is 1. The Kier molecular flexibility index (Phi) is 3.94. The molecule has 108 valence electrons. The van der Waals surface area contributed by atoms with E-state index in [4.69, 9.17) is 4.74 Å². The number of benzene rings is 1. The number of anilines is 1. The summed E-state index contributed by atoms with van der Waals surface area (Å²) in [7, 11) is 0. The molecule has 1 aromatic rings.